The van der Waals surface area contributed by atoms with Gasteiger partial charge in [-0.1, -0.05) is 19.0 Å². The molecule has 5 heteroatoms. The lowest BCUT2D eigenvalue weighted by Crippen LogP contribution is -2.40. The molecule has 1 rings (SSSR count). The minimum Gasteiger partial charge on any atom is -0.409 e. The Bertz CT molecular complexity index is 253. The molecule has 5 nitrogen and oxygen atoms in total. The molecular formula is C12H26N4O. The number of nitrogens with two attached hydrogens (primary N) is 1. The highest BCUT2D eigenvalue weighted by Gasteiger charge is 2.29. The fraction of sp³-hybridized carbons (Fsp3) is 0.917. The van der Waals surface area contributed by atoms with Crippen LogP contribution < -0.4 is 5.73 Å². The van der Waals surface area contributed by atoms with Gasteiger partial charge in [-0.3, -0.25) is 9.80 Å². The normalized spacial score (nSPS) is 24.5. The zero-order valence-electron chi connectivity index (χ0n) is 11.3. The van der Waals surface area contributed by atoms with E-state index in [4.69, 9.17) is 10.9 Å². The quantitative estimate of drug-likeness (QED) is 0.315. The third kappa shape index (κ3) is 3.85. The van der Waals surface area contributed by atoms with Gasteiger partial charge in [0, 0.05) is 31.6 Å². The maximum atomic E-state index is 8.58. The molecule has 3 N–H and O–H groups in total. The first kappa shape index (κ1) is 14.3. The van der Waals surface area contributed by atoms with Crippen LogP contribution in [0.1, 0.15) is 33.6 Å². The topological polar surface area (TPSA) is 65.1 Å². The molecule has 1 aliphatic rings. The van der Waals surface area contributed by atoms with Crippen molar-refractivity contribution in [2.24, 2.45) is 10.9 Å². The van der Waals surface area contributed by atoms with Gasteiger partial charge >= 0.3 is 0 Å². The van der Waals surface area contributed by atoms with Crippen LogP contribution in [0.3, 0.4) is 0 Å². The van der Waals surface area contributed by atoms with Crippen molar-refractivity contribution in [1.82, 2.24) is 9.80 Å². The van der Waals surface area contributed by atoms with Crippen LogP contribution in [0.25, 0.3) is 0 Å². The summed E-state index contributed by atoms with van der Waals surface area (Å²) in [6.07, 6.45) is 1.86. The van der Waals surface area contributed by atoms with Crippen LogP contribution in [-0.4, -0.2) is 59.1 Å². The predicted octanol–water partition coefficient (Wildman–Crippen LogP) is 0.928. The molecule has 1 aliphatic heterocycles. The Kier molecular flexibility index (Phi) is 5.71. The largest absolute Gasteiger partial charge is 0.409 e. The third-order valence-corrected chi connectivity index (χ3v) is 3.78. The van der Waals surface area contributed by atoms with Crippen LogP contribution >= 0.6 is 0 Å². The minimum absolute atomic E-state index is 0.323. The monoisotopic (exact) mass is 242 g/mol. The Hall–Kier alpha value is -0.810. The molecule has 0 aromatic rings. The van der Waals surface area contributed by atoms with Gasteiger partial charge in [0.15, 0.2) is 0 Å². The summed E-state index contributed by atoms with van der Waals surface area (Å²) in [5.41, 5.74) is 5.55. The summed E-state index contributed by atoms with van der Waals surface area (Å²) in [6, 6.07) is 1.02. The van der Waals surface area contributed by atoms with Crippen molar-refractivity contribution in [3.05, 3.63) is 0 Å². The van der Waals surface area contributed by atoms with Crippen molar-refractivity contribution in [3.8, 4) is 0 Å². The fourth-order valence-electron chi connectivity index (χ4n) is 2.68. The molecule has 100 valence electrons. The highest BCUT2D eigenvalue weighted by Crippen LogP contribution is 2.18. The lowest BCUT2D eigenvalue weighted by molar-refractivity contribution is 0.194. The van der Waals surface area contributed by atoms with E-state index in [9.17, 15) is 0 Å². The van der Waals surface area contributed by atoms with Crippen LogP contribution in [0.2, 0.25) is 0 Å². The second kappa shape index (κ2) is 6.81. The molecule has 0 aliphatic carbocycles. The number of oxime groups is 1. The Morgan fingerprint density at radius 1 is 1.53 bits per heavy atom. The highest BCUT2D eigenvalue weighted by molar-refractivity contribution is 5.80. The number of amidine groups is 1. The summed E-state index contributed by atoms with van der Waals surface area (Å²) in [5, 5.41) is 11.6. The Morgan fingerprint density at radius 2 is 2.18 bits per heavy atom. The first-order chi connectivity index (χ1) is 8.12. The van der Waals surface area contributed by atoms with Crippen LogP contribution in [0.15, 0.2) is 5.16 Å². The van der Waals surface area contributed by atoms with Crippen molar-refractivity contribution < 1.29 is 5.21 Å². The van der Waals surface area contributed by atoms with Gasteiger partial charge in [0.2, 0.25) is 0 Å². The average molecular weight is 242 g/mol. The second-order valence-electron chi connectivity index (χ2n) is 4.80. The first-order valence-electron chi connectivity index (χ1n) is 6.56. The summed E-state index contributed by atoms with van der Waals surface area (Å²) in [5.74, 6) is 0.323. The van der Waals surface area contributed by atoms with E-state index in [2.05, 4.69) is 35.7 Å². The van der Waals surface area contributed by atoms with Crippen molar-refractivity contribution in [2.45, 2.75) is 45.7 Å². The van der Waals surface area contributed by atoms with Crippen molar-refractivity contribution in [3.63, 3.8) is 0 Å². The molecule has 1 heterocycles. The van der Waals surface area contributed by atoms with Gasteiger partial charge in [-0.15, -0.1) is 0 Å². The smallest absolute Gasteiger partial charge is 0.140 e. The highest BCUT2D eigenvalue weighted by atomic mass is 16.4. The number of nitrogens with zero attached hydrogens (tertiary/aromatic N) is 3. The fourth-order valence-corrected chi connectivity index (χ4v) is 2.68. The van der Waals surface area contributed by atoms with Crippen LogP contribution in [0.4, 0.5) is 0 Å². The predicted molar refractivity (Wildman–Crippen MR) is 70.4 cm³/mol. The van der Waals surface area contributed by atoms with Gasteiger partial charge in [-0.25, -0.2) is 0 Å². The lowest BCUT2D eigenvalue weighted by atomic mass is 10.2. The summed E-state index contributed by atoms with van der Waals surface area (Å²) < 4.78 is 0. The van der Waals surface area contributed by atoms with E-state index in [1.165, 1.54) is 6.42 Å². The minimum atomic E-state index is 0.323. The zero-order valence-corrected chi connectivity index (χ0v) is 11.3. The zero-order chi connectivity index (χ0) is 12.8. The summed E-state index contributed by atoms with van der Waals surface area (Å²) in [7, 11) is 0. The maximum absolute atomic E-state index is 8.58. The van der Waals surface area contributed by atoms with E-state index in [0.29, 0.717) is 24.3 Å². The van der Waals surface area contributed by atoms with Gasteiger partial charge in [0.05, 0.1) is 0 Å². The number of likely N-dealkylation sites (tertiary alicyclic amines) is 1. The molecule has 0 radical (unpaired) electrons. The lowest BCUT2D eigenvalue weighted by Gasteiger charge is -2.28. The molecule has 2 atom stereocenters. The number of rotatable bonds is 6. The first-order valence-corrected chi connectivity index (χ1v) is 6.56. The molecule has 0 bridgehead atoms. The van der Waals surface area contributed by atoms with E-state index in [0.717, 1.165) is 26.2 Å². The van der Waals surface area contributed by atoms with E-state index in [1.807, 2.05) is 0 Å². The van der Waals surface area contributed by atoms with Crippen molar-refractivity contribution >= 4 is 5.84 Å². The maximum Gasteiger partial charge on any atom is 0.140 e. The standard InChI is InChI=1S/C12H26N4O/c1-4-15(5-2)11-6-7-16(9-11)10(3)8-12(13)14-17/h10-11,17H,4-9H2,1-3H3,(H2,13,14). The van der Waals surface area contributed by atoms with E-state index >= 15 is 0 Å². The molecular weight excluding hydrogens is 216 g/mol. The molecule has 0 aromatic carbocycles. The number of hydrogen-bond acceptors (Lipinski definition) is 4. The summed E-state index contributed by atoms with van der Waals surface area (Å²) >= 11 is 0. The molecule has 1 saturated heterocycles. The molecule has 0 spiro atoms. The van der Waals surface area contributed by atoms with Crippen LogP contribution in [-0.2, 0) is 0 Å². The number of likely N-dealkylation sites (N-methyl/N-ethyl adjacent to an activating group) is 1. The molecule has 0 amide bonds. The summed E-state index contributed by atoms with van der Waals surface area (Å²) in [6.45, 7) is 11.0. The Balaban J connectivity index is 2.44. The molecule has 0 saturated carbocycles. The van der Waals surface area contributed by atoms with Crippen molar-refractivity contribution in [1.29, 1.82) is 0 Å². The average Bonchev–Trinajstić information content (AvgIpc) is 2.80. The van der Waals surface area contributed by atoms with Gasteiger partial charge in [0.25, 0.3) is 0 Å². The van der Waals surface area contributed by atoms with Gasteiger partial charge < -0.3 is 10.9 Å². The molecule has 0 aromatic heterocycles. The van der Waals surface area contributed by atoms with Crippen molar-refractivity contribution in [2.75, 3.05) is 26.2 Å². The third-order valence-electron chi connectivity index (χ3n) is 3.78. The molecule has 2 unspecified atom stereocenters. The molecule has 1 fully saturated rings. The Morgan fingerprint density at radius 3 is 2.71 bits per heavy atom. The summed E-state index contributed by atoms with van der Waals surface area (Å²) in [4.78, 5) is 4.94. The van der Waals surface area contributed by atoms with E-state index in [1.54, 1.807) is 0 Å². The van der Waals surface area contributed by atoms with Gasteiger partial charge in [0.1, 0.15) is 5.84 Å². The van der Waals surface area contributed by atoms with E-state index in [-0.39, 0.29) is 0 Å². The van der Waals surface area contributed by atoms with Gasteiger partial charge in [-0.2, -0.15) is 0 Å². The SMILES string of the molecule is CCN(CC)C1CCN(C(C)CC(N)=NO)C1. The number of hydrogen-bond donors (Lipinski definition) is 2. The Labute approximate surface area is 104 Å². The van der Waals surface area contributed by atoms with Crippen LogP contribution in [0.5, 0.6) is 0 Å². The van der Waals surface area contributed by atoms with E-state index < -0.39 is 0 Å². The van der Waals surface area contributed by atoms with Gasteiger partial charge in [-0.05, 0) is 26.4 Å². The van der Waals surface area contributed by atoms with Crippen LogP contribution in [0, 0.1) is 0 Å². The molecule has 17 heavy (non-hydrogen) atoms. The second-order valence-corrected chi connectivity index (χ2v) is 4.80.